The summed E-state index contributed by atoms with van der Waals surface area (Å²) in [6, 6.07) is 5.26. The molecule has 20 heavy (non-hydrogen) atoms. The van der Waals surface area contributed by atoms with E-state index in [2.05, 4.69) is 10.2 Å². The first-order chi connectivity index (χ1) is 9.26. The molecular weight excluding hydrogens is 280 g/mol. The van der Waals surface area contributed by atoms with E-state index in [-0.39, 0.29) is 30.8 Å². The van der Waals surface area contributed by atoms with Crippen LogP contribution in [0.25, 0.3) is 0 Å². The zero-order valence-corrected chi connectivity index (χ0v) is 12.5. The van der Waals surface area contributed by atoms with Crippen molar-refractivity contribution in [1.29, 1.82) is 0 Å². The van der Waals surface area contributed by atoms with Crippen molar-refractivity contribution in [2.24, 2.45) is 0 Å². The first kappa shape index (κ1) is 17.0. The fraction of sp³-hybridized carbons (Fsp3) is 0.571. The van der Waals surface area contributed by atoms with Crippen LogP contribution in [0.3, 0.4) is 0 Å². The van der Waals surface area contributed by atoms with Crippen molar-refractivity contribution in [2.45, 2.75) is 13.0 Å². The van der Waals surface area contributed by atoms with Gasteiger partial charge in [0.05, 0.1) is 19.3 Å². The van der Waals surface area contributed by atoms with Crippen LogP contribution < -0.4 is 10.1 Å². The highest BCUT2D eigenvalue weighted by molar-refractivity contribution is 5.85. The average Bonchev–Trinajstić information content (AvgIpc) is 2.44. The maximum absolute atomic E-state index is 9.72. The first-order valence-corrected chi connectivity index (χ1v) is 6.77. The number of ether oxygens (including phenoxy) is 1. The number of hydrogen-bond donors (Lipinski definition) is 3. The van der Waals surface area contributed by atoms with E-state index in [9.17, 15) is 10.2 Å². The van der Waals surface area contributed by atoms with Gasteiger partial charge in [0.1, 0.15) is 0 Å². The molecule has 1 atom stereocenters. The molecule has 1 aromatic carbocycles. The topological polar surface area (TPSA) is 65.0 Å². The summed E-state index contributed by atoms with van der Waals surface area (Å²) in [5.74, 6) is 0.621. The van der Waals surface area contributed by atoms with Crippen LogP contribution in [0.2, 0.25) is 0 Å². The fourth-order valence-electron chi connectivity index (χ4n) is 2.43. The highest BCUT2D eigenvalue weighted by Gasteiger charge is 2.22. The Hall–Kier alpha value is -1.01. The van der Waals surface area contributed by atoms with E-state index in [1.165, 1.54) is 0 Å². The molecule has 1 fully saturated rings. The van der Waals surface area contributed by atoms with Crippen molar-refractivity contribution >= 4 is 12.4 Å². The van der Waals surface area contributed by atoms with E-state index in [1.54, 1.807) is 6.07 Å². The number of rotatable bonds is 5. The van der Waals surface area contributed by atoms with Gasteiger partial charge >= 0.3 is 0 Å². The molecule has 3 N–H and O–H groups in total. The number of halogens is 1. The number of aromatic hydroxyl groups is 1. The number of phenols is 1. The first-order valence-electron chi connectivity index (χ1n) is 6.77. The Balaban J connectivity index is 0.00000200. The second-order valence-electron chi connectivity index (χ2n) is 4.64. The third-order valence-corrected chi connectivity index (χ3v) is 3.43. The van der Waals surface area contributed by atoms with Gasteiger partial charge in [0, 0.05) is 26.2 Å². The van der Waals surface area contributed by atoms with E-state index >= 15 is 0 Å². The zero-order chi connectivity index (χ0) is 13.7. The fourth-order valence-corrected chi connectivity index (χ4v) is 2.43. The molecule has 2 rings (SSSR count). The lowest BCUT2D eigenvalue weighted by molar-refractivity contribution is 0.110. The molecule has 0 amide bonds. The molecule has 0 spiro atoms. The molecule has 1 aliphatic rings. The molecule has 1 saturated heterocycles. The van der Waals surface area contributed by atoms with Gasteiger partial charge in [-0.15, -0.1) is 12.4 Å². The van der Waals surface area contributed by atoms with E-state index < -0.39 is 0 Å². The minimum atomic E-state index is -0.0399. The smallest absolute Gasteiger partial charge is 0.161 e. The van der Waals surface area contributed by atoms with Crippen LogP contribution in [0.1, 0.15) is 18.5 Å². The maximum atomic E-state index is 9.72. The molecule has 5 nitrogen and oxygen atoms in total. The van der Waals surface area contributed by atoms with Gasteiger partial charge in [0.2, 0.25) is 0 Å². The molecule has 0 radical (unpaired) electrons. The van der Waals surface area contributed by atoms with E-state index in [0.717, 1.165) is 31.7 Å². The number of piperazine rings is 1. The Morgan fingerprint density at radius 2 is 2.05 bits per heavy atom. The number of nitrogens with zero attached hydrogens (tertiary/aromatic N) is 1. The summed E-state index contributed by atoms with van der Waals surface area (Å²) in [6.45, 7) is 6.16. The Kier molecular flexibility index (Phi) is 7.09. The van der Waals surface area contributed by atoms with Gasteiger partial charge in [-0.2, -0.15) is 0 Å². The second-order valence-corrected chi connectivity index (χ2v) is 4.64. The van der Waals surface area contributed by atoms with Crippen molar-refractivity contribution in [2.75, 3.05) is 39.4 Å². The number of nitrogens with one attached hydrogen (secondary N) is 1. The van der Waals surface area contributed by atoms with Crippen LogP contribution in [0.15, 0.2) is 18.2 Å². The summed E-state index contributed by atoms with van der Waals surface area (Å²) in [4.78, 5) is 2.25. The monoisotopic (exact) mass is 302 g/mol. The predicted octanol–water partition coefficient (Wildman–Crippen LogP) is 1.15. The van der Waals surface area contributed by atoms with Gasteiger partial charge in [-0.05, 0) is 24.6 Å². The van der Waals surface area contributed by atoms with Gasteiger partial charge in [0.15, 0.2) is 11.5 Å². The van der Waals surface area contributed by atoms with Crippen LogP contribution in [0, 0.1) is 0 Å². The lowest BCUT2D eigenvalue weighted by Gasteiger charge is -2.34. The van der Waals surface area contributed by atoms with Crippen molar-refractivity contribution in [3.63, 3.8) is 0 Å². The summed E-state index contributed by atoms with van der Waals surface area (Å²) in [5, 5.41) is 22.7. The van der Waals surface area contributed by atoms with Crippen LogP contribution in [-0.2, 0) is 0 Å². The van der Waals surface area contributed by atoms with Gasteiger partial charge in [0.25, 0.3) is 0 Å². The summed E-state index contributed by atoms with van der Waals surface area (Å²) in [5.41, 5.74) is 0.977. The minimum Gasteiger partial charge on any atom is -0.504 e. The van der Waals surface area contributed by atoms with Crippen molar-refractivity contribution in [3.8, 4) is 11.5 Å². The van der Waals surface area contributed by atoms with Crippen LogP contribution in [0.4, 0.5) is 0 Å². The highest BCUT2D eigenvalue weighted by Crippen LogP contribution is 2.31. The Morgan fingerprint density at radius 1 is 1.35 bits per heavy atom. The molecule has 0 aromatic heterocycles. The van der Waals surface area contributed by atoms with E-state index in [1.807, 2.05) is 19.1 Å². The molecule has 0 saturated carbocycles. The molecule has 114 valence electrons. The molecule has 0 aliphatic carbocycles. The summed E-state index contributed by atoms with van der Waals surface area (Å²) < 4.78 is 5.40. The zero-order valence-electron chi connectivity index (χ0n) is 11.7. The molecule has 1 aliphatic heterocycles. The quantitative estimate of drug-likeness (QED) is 0.761. The molecule has 0 unspecified atom stereocenters. The molecular formula is C14H23ClN2O3. The number of aliphatic hydroxyl groups is 1. The number of benzene rings is 1. The van der Waals surface area contributed by atoms with Crippen LogP contribution >= 0.6 is 12.4 Å². The maximum Gasteiger partial charge on any atom is 0.161 e. The lowest BCUT2D eigenvalue weighted by atomic mass is 10.0. The van der Waals surface area contributed by atoms with Crippen LogP contribution in [0.5, 0.6) is 11.5 Å². The van der Waals surface area contributed by atoms with Crippen molar-refractivity contribution < 1.29 is 14.9 Å². The van der Waals surface area contributed by atoms with E-state index in [4.69, 9.17) is 4.74 Å². The second kappa shape index (κ2) is 8.32. The third-order valence-electron chi connectivity index (χ3n) is 3.43. The number of phenolic OH excluding ortho intramolecular Hbond substituents is 1. The van der Waals surface area contributed by atoms with Gasteiger partial charge < -0.3 is 20.3 Å². The predicted molar refractivity (Wildman–Crippen MR) is 80.8 cm³/mol. The average molecular weight is 303 g/mol. The normalized spacial score (nSPS) is 17.3. The Morgan fingerprint density at radius 3 is 2.65 bits per heavy atom. The summed E-state index contributed by atoms with van der Waals surface area (Å²) in [6.07, 6.45) is 0. The SMILES string of the molecule is CCOc1cc([C@@H](CO)N2CCNCC2)ccc1O.Cl. The third kappa shape index (κ3) is 3.99. The van der Waals surface area contributed by atoms with Crippen LogP contribution in [-0.4, -0.2) is 54.5 Å². The lowest BCUT2D eigenvalue weighted by Crippen LogP contribution is -2.46. The Bertz CT molecular complexity index is 411. The minimum absolute atomic E-state index is 0. The van der Waals surface area contributed by atoms with Gasteiger partial charge in [-0.1, -0.05) is 6.07 Å². The molecule has 6 heteroatoms. The van der Waals surface area contributed by atoms with Crippen molar-refractivity contribution in [1.82, 2.24) is 10.2 Å². The molecule has 1 aromatic rings. The molecule has 1 heterocycles. The standard InChI is InChI=1S/C14H22N2O3.ClH/c1-2-19-14-9-11(3-4-13(14)18)12(10-17)16-7-5-15-6-8-16;/h3-4,9,12,15,17-18H,2,5-8,10H2,1H3;1H/t12-;/m1./s1. The summed E-state index contributed by atoms with van der Waals surface area (Å²) >= 11 is 0. The van der Waals surface area contributed by atoms with E-state index in [0.29, 0.717) is 12.4 Å². The van der Waals surface area contributed by atoms with Gasteiger partial charge in [-0.25, -0.2) is 0 Å². The largest absolute Gasteiger partial charge is 0.504 e. The number of hydrogen-bond acceptors (Lipinski definition) is 5. The van der Waals surface area contributed by atoms with Gasteiger partial charge in [-0.3, -0.25) is 4.90 Å². The number of aliphatic hydroxyl groups excluding tert-OH is 1. The summed E-state index contributed by atoms with van der Waals surface area (Å²) in [7, 11) is 0. The van der Waals surface area contributed by atoms with Crippen molar-refractivity contribution in [3.05, 3.63) is 23.8 Å². The Labute approximate surface area is 126 Å². The highest BCUT2D eigenvalue weighted by atomic mass is 35.5. The molecule has 0 bridgehead atoms.